The van der Waals surface area contributed by atoms with Gasteiger partial charge in [0.1, 0.15) is 5.76 Å². The zero-order chi connectivity index (χ0) is 27.2. The van der Waals surface area contributed by atoms with E-state index in [0.717, 1.165) is 32.1 Å². The molecular weight excluding hydrogens is 460 g/mol. The van der Waals surface area contributed by atoms with Gasteiger partial charge in [-0.1, -0.05) is 125 Å². The highest BCUT2D eigenvalue weighted by Gasteiger charge is 1.99. The molecule has 0 amide bonds. The third kappa shape index (κ3) is 27.9. The second-order valence-corrected chi connectivity index (χ2v) is 9.24. The smallest absolute Gasteiger partial charge is 0.305 e. The largest absolute Gasteiger partial charge is 0.504 e. The summed E-state index contributed by atoms with van der Waals surface area (Å²) in [7, 11) is 1.45. The first-order valence-electron chi connectivity index (χ1n) is 14.3. The number of hydrogen-bond acceptors (Lipinski definition) is 4. The van der Waals surface area contributed by atoms with E-state index in [9.17, 15) is 15.0 Å². The summed E-state index contributed by atoms with van der Waals surface area (Å²) in [6.07, 6.45) is 37.9. The van der Waals surface area contributed by atoms with Gasteiger partial charge >= 0.3 is 5.97 Å². The minimum Gasteiger partial charge on any atom is -0.504 e. The Hall–Kier alpha value is -2.55. The lowest BCUT2D eigenvalue weighted by molar-refractivity contribution is -0.140. The number of esters is 1. The quantitative estimate of drug-likeness (QED) is 0.0358. The maximum Gasteiger partial charge on any atom is 0.305 e. The van der Waals surface area contributed by atoms with E-state index in [1.165, 1.54) is 58.5 Å². The van der Waals surface area contributed by atoms with Crippen molar-refractivity contribution in [2.75, 3.05) is 7.11 Å². The summed E-state index contributed by atoms with van der Waals surface area (Å²) in [4.78, 5) is 11.0. The SMILES string of the molecule is CC/C=C\C[C@H](O)/C=C\C=C\C=C=C(O)C/C=C\C/C=C\CCCCCCCCCCCCC(=O)OC. The Balaban J connectivity index is 3.65. The molecule has 0 bridgehead atoms. The van der Waals surface area contributed by atoms with Crippen LogP contribution in [0.2, 0.25) is 0 Å². The molecule has 0 aromatic heterocycles. The number of carbonyl (C=O) groups excluding carboxylic acids is 1. The molecule has 0 aliphatic rings. The van der Waals surface area contributed by atoms with Gasteiger partial charge in [-0.25, -0.2) is 0 Å². The number of hydrogen-bond donors (Lipinski definition) is 2. The molecule has 4 heteroatoms. The highest BCUT2D eigenvalue weighted by Crippen LogP contribution is 2.12. The van der Waals surface area contributed by atoms with E-state index >= 15 is 0 Å². The highest BCUT2D eigenvalue weighted by molar-refractivity contribution is 5.68. The van der Waals surface area contributed by atoms with Gasteiger partial charge in [0.25, 0.3) is 0 Å². The van der Waals surface area contributed by atoms with Crippen LogP contribution < -0.4 is 0 Å². The van der Waals surface area contributed by atoms with Gasteiger partial charge in [-0.15, -0.1) is 0 Å². The molecule has 1 atom stereocenters. The van der Waals surface area contributed by atoms with Gasteiger partial charge in [-0.2, -0.15) is 0 Å². The molecule has 0 rings (SSSR count). The van der Waals surface area contributed by atoms with Crippen molar-refractivity contribution in [2.24, 2.45) is 0 Å². The Morgan fingerprint density at radius 2 is 1.46 bits per heavy atom. The summed E-state index contributed by atoms with van der Waals surface area (Å²) >= 11 is 0. The Morgan fingerprint density at radius 3 is 2.14 bits per heavy atom. The fourth-order valence-electron chi connectivity index (χ4n) is 3.63. The molecule has 0 aliphatic carbocycles. The van der Waals surface area contributed by atoms with Crippen LogP contribution in [0.4, 0.5) is 0 Å². The van der Waals surface area contributed by atoms with Gasteiger partial charge in [0.15, 0.2) is 0 Å². The summed E-state index contributed by atoms with van der Waals surface area (Å²) in [5.74, 6) is 0.114. The first kappa shape index (κ1) is 34.5. The maximum absolute atomic E-state index is 11.0. The van der Waals surface area contributed by atoms with Crippen LogP contribution in [-0.2, 0) is 9.53 Å². The summed E-state index contributed by atoms with van der Waals surface area (Å²) in [6.45, 7) is 2.07. The molecule has 0 unspecified atom stereocenters. The van der Waals surface area contributed by atoms with Gasteiger partial charge < -0.3 is 14.9 Å². The van der Waals surface area contributed by atoms with E-state index in [-0.39, 0.29) is 11.7 Å². The molecule has 0 heterocycles. The number of carbonyl (C=O) groups is 1. The zero-order valence-corrected chi connectivity index (χ0v) is 23.5. The lowest BCUT2D eigenvalue weighted by Crippen LogP contribution is -1.99. The Kier molecular flexibility index (Phi) is 26.1. The fraction of sp³-hybridized carbons (Fsp3) is 0.576. The zero-order valence-electron chi connectivity index (χ0n) is 23.5. The van der Waals surface area contributed by atoms with E-state index in [4.69, 9.17) is 0 Å². The van der Waals surface area contributed by atoms with E-state index < -0.39 is 6.10 Å². The van der Waals surface area contributed by atoms with Gasteiger partial charge in [0, 0.05) is 12.8 Å². The number of unbranched alkanes of at least 4 members (excludes halogenated alkanes) is 10. The first-order chi connectivity index (χ1) is 18.1. The molecule has 2 N–H and O–H groups in total. The lowest BCUT2D eigenvalue weighted by atomic mass is 10.1. The minimum atomic E-state index is -0.469. The fourth-order valence-corrected chi connectivity index (χ4v) is 3.63. The van der Waals surface area contributed by atoms with Crippen molar-refractivity contribution >= 4 is 5.97 Å². The van der Waals surface area contributed by atoms with E-state index in [1.807, 2.05) is 24.3 Å². The molecule has 0 saturated heterocycles. The normalized spacial score (nSPS) is 12.8. The predicted octanol–water partition coefficient (Wildman–Crippen LogP) is 9.16. The van der Waals surface area contributed by atoms with Gasteiger partial charge in [0.2, 0.25) is 0 Å². The molecular formula is C33H52O4. The van der Waals surface area contributed by atoms with Crippen LogP contribution in [0, 0.1) is 0 Å². The second-order valence-electron chi connectivity index (χ2n) is 9.24. The van der Waals surface area contributed by atoms with Crippen molar-refractivity contribution in [3.8, 4) is 0 Å². The van der Waals surface area contributed by atoms with Crippen molar-refractivity contribution in [2.45, 2.75) is 116 Å². The van der Waals surface area contributed by atoms with Crippen LogP contribution >= 0.6 is 0 Å². The number of allylic oxidation sites excluding steroid dienone is 8. The predicted molar refractivity (Wildman–Crippen MR) is 157 cm³/mol. The third-order valence-corrected chi connectivity index (χ3v) is 5.83. The summed E-state index contributed by atoms with van der Waals surface area (Å²) < 4.78 is 4.65. The van der Waals surface area contributed by atoms with Crippen molar-refractivity contribution in [3.63, 3.8) is 0 Å². The van der Waals surface area contributed by atoms with Crippen molar-refractivity contribution in [1.29, 1.82) is 0 Å². The number of ether oxygens (including phenoxy) is 1. The second kappa shape index (κ2) is 28.0. The molecule has 0 aliphatic heterocycles. The maximum atomic E-state index is 11.0. The minimum absolute atomic E-state index is 0.0916. The average Bonchev–Trinajstić information content (AvgIpc) is 2.89. The van der Waals surface area contributed by atoms with E-state index in [2.05, 4.69) is 35.6 Å². The van der Waals surface area contributed by atoms with Gasteiger partial charge in [0.05, 0.1) is 13.2 Å². The topological polar surface area (TPSA) is 66.8 Å². The van der Waals surface area contributed by atoms with Crippen LogP contribution in [0.15, 0.2) is 78.3 Å². The molecule has 0 radical (unpaired) electrons. The van der Waals surface area contributed by atoms with E-state index in [1.54, 1.807) is 24.3 Å². The van der Waals surface area contributed by atoms with Crippen LogP contribution in [0.5, 0.6) is 0 Å². The lowest BCUT2D eigenvalue weighted by Gasteiger charge is -2.02. The number of aliphatic hydroxyl groups excluding tert-OH is 2. The van der Waals surface area contributed by atoms with Crippen molar-refractivity contribution < 1.29 is 19.7 Å². The number of rotatable bonds is 23. The highest BCUT2D eigenvalue weighted by atomic mass is 16.5. The summed E-state index contributed by atoms with van der Waals surface area (Å²) in [5.41, 5.74) is 2.84. The van der Waals surface area contributed by atoms with E-state index in [0.29, 0.717) is 19.3 Å². The molecule has 0 aromatic carbocycles. The Morgan fingerprint density at radius 1 is 0.811 bits per heavy atom. The van der Waals surface area contributed by atoms with Crippen LogP contribution in [0.1, 0.15) is 110 Å². The Labute approximate surface area is 226 Å². The number of methoxy groups -OCH3 is 1. The van der Waals surface area contributed by atoms with Crippen molar-refractivity contribution in [1.82, 2.24) is 0 Å². The molecule has 0 saturated carbocycles. The number of aliphatic hydroxyl groups is 2. The molecule has 208 valence electrons. The monoisotopic (exact) mass is 512 g/mol. The molecule has 0 spiro atoms. The van der Waals surface area contributed by atoms with Gasteiger partial charge in [-0.05, 0) is 44.6 Å². The molecule has 4 nitrogen and oxygen atoms in total. The Bertz CT molecular complexity index is 748. The van der Waals surface area contributed by atoms with Crippen LogP contribution in [-0.4, -0.2) is 29.4 Å². The van der Waals surface area contributed by atoms with Gasteiger partial charge in [-0.3, -0.25) is 4.79 Å². The van der Waals surface area contributed by atoms with Crippen LogP contribution in [0.25, 0.3) is 0 Å². The van der Waals surface area contributed by atoms with Crippen molar-refractivity contribution in [3.05, 3.63) is 78.3 Å². The molecule has 37 heavy (non-hydrogen) atoms. The summed E-state index contributed by atoms with van der Waals surface area (Å²) in [6, 6.07) is 0. The summed E-state index contributed by atoms with van der Waals surface area (Å²) in [5, 5.41) is 19.6. The van der Waals surface area contributed by atoms with Crippen LogP contribution in [0.3, 0.4) is 0 Å². The average molecular weight is 513 g/mol. The molecule has 0 aromatic rings. The molecule has 0 fully saturated rings. The first-order valence-corrected chi connectivity index (χ1v) is 14.3. The third-order valence-electron chi connectivity index (χ3n) is 5.83. The standard InChI is InChI=1S/C33H52O4/c1-3-4-21-26-31(34)28-23-19-20-24-29-32(35)27-22-17-15-13-11-9-7-5-6-8-10-12-14-16-18-25-30-33(36)37-2/h4,11,13,17,19-24,28,31,34-35H,3,5-10,12,14-16,18,25-27,30H2,1-2H3/b13-11-,20-19+,21-4-,22-17-,28-23-/t29?,31-/m0/s1.